The van der Waals surface area contributed by atoms with E-state index in [-0.39, 0.29) is 12.5 Å². The summed E-state index contributed by atoms with van der Waals surface area (Å²) in [5, 5.41) is 10.5. The zero-order valence-corrected chi connectivity index (χ0v) is 19.5. The number of amides is 1. The molecule has 1 aliphatic rings. The molecule has 1 amide bonds. The van der Waals surface area contributed by atoms with Crippen molar-refractivity contribution in [1.29, 1.82) is 0 Å². The fourth-order valence-electron chi connectivity index (χ4n) is 4.61. The number of nitrogens with two attached hydrogens (primary N) is 1. The molecule has 2 unspecified atom stereocenters. The van der Waals surface area contributed by atoms with Crippen molar-refractivity contribution in [3.63, 3.8) is 0 Å². The number of aliphatic hydroxyl groups excluding tert-OH is 1. The molecular formula is C25H35N3O4. The first-order valence-electron chi connectivity index (χ1n) is 11.1. The number of hydrogen-bond donors (Lipinski definition) is 2. The molecule has 32 heavy (non-hydrogen) atoms. The van der Waals surface area contributed by atoms with Crippen molar-refractivity contribution in [3.05, 3.63) is 58.7 Å². The highest BCUT2D eigenvalue weighted by molar-refractivity contribution is 5.82. The highest BCUT2D eigenvalue weighted by Crippen LogP contribution is 2.29. The number of hydrogen-bond acceptors (Lipinski definition) is 6. The third-order valence-corrected chi connectivity index (χ3v) is 6.02. The molecule has 0 bridgehead atoms. The van der Waals surface area contributed by atoms with E-state index in [2.05, 4.69) is 28.9 Å². The number of carbonyl (C=O) groups is 1. The fraction of sp³-hybridized carbons (Fsp3) is 0.480. The van der Waals surface area contributed by atoms with E-state index in [0.29, 0.717) is 31.1 Å². The van der Waals surface area contributed by atoms with E-state index in [1.165, 1.54) is 5.56 Å². The maximum Gasteiger partial charge on any atom is 0.239 e. The molecule has 0 radical (unpaired) electrons. The Bertz CT molecular complexity index is 902. The van der Waals surface area contributed by atoms with E-state index >= 15 is 0 Å². The van der Waals surface area contributed by atoms with Crippen LogP contribution in [-0.2, 0) is 4.79 Å². The fourth-order valence-corrected chi connectivity index (χ4v) is 4.61. The van der Waals surface area contributed by atoms with Gasteiger partial charge in [-0.2, -0.15) is 0 Å². The van der Waals surface area contributed by atoms with Crippen LogP contribution in [0.2, 0.25) is 0 Å². The number of nitrogens with zero attached hydrogens (tertiary/aromatic N) is 2. The minimum Gasteiger partial charge on any atom is -0.493 e. The summed E-state index contributed by atoms with van der Waals surface area (Å²) in [5.74, 6) is 0.943. The maximum absolute atomic E-state index is 12.4. The maximum atomic E-state index is 12.4. The van der Waals surface area contributed by atoms with E-state index in [9.17, 15) is 9.90 Å². The van der Waals surface area contributed by atoms with Crippen molar-refractivity contribution in [3.8, 4) is 11.5 Å². The van der Waals surface area contributed by atoms with E-state index in [4.69, 9.17) is 15.2 Å². The van der Waals surface area contributed by atoms with Gasteiger partial charge >= 0.3 is 0 Å². The number of methoxy groups -OCH3 is 1. The molecule has 1 fully saturated rings. The van der Waals surface area contributed by atoms with Crippen molar-refractivity contribution < 1.29 is 19.4 Å². The number of β-amino-alcohol motifs (C(OH)–C–C–N with tert-alkyl or cyclic N) is 1. The minimum atomic E-state index is -0.625. The van der Waals surface area contributed by atoms with Crippen LogP contribution in [0.1, 0.15) is 28.3 Å². The van der Waals surface area contributed by atoms with Crippen LogP contribution in [-0.4, -0.2) is 73.4 Å². The highest BCUT2D eigenvalue weighted by Gasteiger charge is 2.31. The van der Waals surface area contributed by atoms with Crippen LogP contribution in [0.5, 0.6) is 11.5 Å². The summed E-state index contributed by atoms with van der Waals surface area (Å²) in [7, 11) is 1.59. The summed E-state index contributed by atoms with van der Waals surface area (Å²) in [6.45, 7) is 9.75. The van der Waals surface area contributed by atoms with Gasteiger partial charge in [-0.15, -0.1) is 0 Å². The predicted octanol–water partition coefficient (Wildman–Crippen LogP) is 2.20. The second kappa shape index (κ2) is 10.8. The number of aliphatic hydroxyl groups is 1. The van der Waals surface area contributed by atoms with Gasteiger partial charge in [-0.1, -0.05) is 29.8 Å². The van der Waals surface area contributed by atoms with Gasteiger partial charge in [-0.3, -0.25) is 14.6 Å². The number of rotatable bonds is 9. The molecule has 1 saturated heterocycles. The SMILES string of the molecule is COc1ccccc1OCC(O)CN1CCN(C(C(N)=O)c2c(C)cc(C)cc2C)CC1. The van der Waals surface area contributed by atoms with Crippen molar-refractivity contribution >= 4 is 5.91 Å². The van der Waals surface area contributed by atoms with E-state index in [1.54, 1.807) is 7.11 Å². The normalized spacial score (nSPS) is 17.0. The Morgan fingerprint density at radius 1 is 1.06 bits per heavy atom. The second-order valence-corrected chi connectivity index (χ2v) is 8.57. The van der Waals surface area contributed by atoms with Crippen LogP contribution in [0.4, 0.5) is 0 Å². The van der Waals surface area contributed by atoms with Gasteiger partial charge in [0.25, 0.3) is 0 Å². The zero-order chi connectivity index (χ0) is 23.3. The number of ether oxygens (including phenoxy) is 2. The van der Waals surface area contributed by atoms with Crippen LogP contribution in [0.25, 0.3) is 0 Å². The lowest BCUT2D eigenvalue weighted by Gasteiger charge is -2.39. The van der Waals surface area contributed by atoms with Crippen molar-refractivity contribution in [2.24, 2.45) is 5.73 Å². The summed E-state index contributed by atoms with van der Waals surface area (Å²) in [6, 6.07) is 11.2. The molecule has 2 aromatic rings. The van der Waals surface area contributed by atoms with E-state index in [1.807, 2.05) is 38.1 Å². The molecule has 0 aromatic heterocycles. The monoisotopic (exact) mass is 441 g/mol. The molecule has 7 heteroatoms. The molecule has 7 nitrogen and oxygen atoms in total. The molecular weight excluding hydrogens is 406 g/mol. The lowest BCUT2D eigenvalue weighted by atomic mass is 9.92. The summed E-state index contributed by atoms with van der Waals surface area (Å²) < 4.78 is 11.0. The highest BCUT2D eigenvalue weighted by atomic mass is 16.5. The van der Waals surface area contributed by atoms with Crippen molar-refractivity contribution in [2.75, 3.05) is 46.4 Å². The zero-order valence-electron chi connectivity index (χ0n) is 19.5. The Morgan fingerprint density at radius 2 is 1.66 bits per heavy atom. The first-order valence-corrected chi connectivity index (χ1v) is 11.1. The largest absolute Gasteiger partial charge is 0.493 e. The van der Waals surface area contributed by atoms with Crippen LogP contribution in [0.3, 0.4) is 0 Å². The van der Waals surface area contributed by atoms with Gasteiger partial charge in [-0.05, 0) is 49.6 Å². The number of primary amides is 1. The van der Waals surface area contributed by atoms with Gasteiger partial charge in [0.15, 0.2) is 11.5 Å². The molecule has 0 saturated carbocycles. The predicted molar refractivity (Wildman–Crippen MR) is 125 cm³/mol. The average molecular weight is 442 g/mol. The number of para-hydroxylation sites is 2. The molecule has 0 aliphatic carbocycles. The summed E-state index contributed by atoms with van der Waals surface area (Å²) in [5.41, 5.74) is 10.2. The standard InChI is InChI=1S/C25H35N3O4/c1-17-13-18(2)23(19(3)14-17)24(25(26)30)28-11-9-27(10-12-28)15-20(29)16-32-22-8-6-5-7-21(22)31-4/h5-8,13-14,20,24,29H,9-12,15-16H2,1-4H3,(H2,26,30). The van der Waals surface area contributed by atoms with Gasteiger partial charge in [0, 0.05) is 32.7 Å². The Labute approximate surface area is 190 Å². The molecule has 0 spiro atoms. The van der Waals surface area contributed by atoms with Crippen LogP contribution in [0.15, 0.2) is 36.4 Å². The Kier molecular flexibility index (Phi) is 8.12. The Balaban J connectivity index is 1.56. The van der Waals surface area contributed by atoms with Crippen LogP contribution < -0.4 is 15.2 Å². The smallest absolute Gasteiger partial charge is 0.239 e. The van der Waals surface area contributed by atoms with Gasteiger partial charge in [0.05, 0.1) is 7.11 Å². The minimum absolute atomic E-state index is 0.187. The van der Waals surface area contributed by atoms with Crippen LogP contribution >= 0.6 is 0 Å². The van der Waals surface area contributed by atoms with E-state index < -0.39 is 12.1 Å². The lowest BCUT2D eigenvalue weighted by Crippen LogP contribution is -2.52. The average Bonchev–Trinajstić information content (AvgIpc) is 2.75. The molecule has 1 heterocycles. The molecule has 174 valence electrons. The van der Waals surface area contributed by atoms with Gasteiger partial charge < -0.3 is 20.3 Å². The summed E-state index contributed by atoms with van der Waals surface area (Å²) in [4.78, 5) is 16.8. The summed E-state index contributed by atoms with van der Waals surface area (Å²) >= 11 is 0. The quantitative estimate of drug-likeness (QED) is 0.620. The molecule has 2 atom stereocenters. The van der Waals surface area contributed by atoms with Gasteiger partial charge in [-0.25, -0.2) is 0 Å². The van der Waals surface area contributed by atoms with Crippen molar-refractivity contribution in [2.45, 2.75) is 32.9 Å². The van der Waals surface area contributed by atoms with Gasteiger partial charge in [0.2, 0.25) is 5.91 Å². The molecule has 3 N–H and O–H groups in total. The summed E-state index contributed by atoms with van der Waals surface area (Å²) in [6.07, 6.45) is -0.625. The topological polar surface area (TPSA) is 88.3 Å². The number of aryl methyl sites for hydroxylation is 3. The van der Waals surface area contributed by atoms with Crippen molar-refractivity contribution in [1.82, 2.24) is 9.80 Å². The third-order valence-electron chi connectivity index (χ3n) is 6.02. The van der Waals surface area contributed by atoms with Gasteiger partial charge in [0.1, 0.15) is 18.8 Å². The number of carbonyl (C=O) groups excluding carboxylic acids is 1. The Hall–Kier alpha value is -2.61. The van der Waals surface area contributed by atoms with E-state index in [0.717, 1.165) is 29.8 Å². The number of piperazine rings is 1. The Morgan fingerprint density at radius 3 is 2.22 bits per heavy atom. The lowest BCUT2D eigenvalue weighted by molar-refractivity contribution is -0.124. The first kappa shape index (κ1) is 24.0. The second-order valence-electron chi connectivity index (χ2n) is 8.57. The molecule has 2 aromatic carbocycles. The molecule has 1 aliphatic heterocycles. The van der Waals surface area contributed by atoms with Crippen LogP contribution in [0, 0.1) is 20.8 Å². The third kappa shape index (κ3) is 5.79. The molecule has 3 rings (SSSR count). The number of benzene rings is 2. The first-order chi connectivity index (χ1) is 15.3.